The van der Waals surface area contributed by atoms with Crippen molar-refractivity contribution in [2.75, 3.05) is 42.3 Å². The number of anilines is 2. The number of benzene rings is 2. The highest BCUT2D eigenvalue weighted by atomic mass is 32.2. The molecule has 2 aliphatic heterocycles. The summed E-state index contributed by atoms with van der Waals surface area (Å²) in [6.45, 7) is 4.88. The number of rotatable bonds is 7. The van der Waals surface area contributed by atoms with Crippen LogP contribution in [0.1, 0.15) is 36.0 Å². The van der Waals surface area contributed by atoms with Crippen LogP contribution in [-0.2, 0) is 10.0 Å². The van der Waals surface area contributed by atoms with Gasteiger partial charge in [-0.15, -0.1) is 0 Å². The lowest BCUT2D eigenvalue weighted by Gasteiger charge is -2.36. The second-order valence-electron chi connectivity index (χ2n) is 8.56. The van der Waals surface area contributed by atoms with E-state index in [-0.39, 0.29) is 16.1 Å². The van der Waals surface area contributed by atoms with Gasteiger partial charge in [0, 0.05) is 25.3 Å². The molecule has 0 bridgehead atoms. The van der Waals surface area contributed by atoms with Crippen molar-refractivity contribution in [3.8, 4) is 0 Å². The first kappa shape index (κ1) is 22.5. The van der Waals surface area contributed by atoms with Gasteiger partial charge in [-0.3, -0.25) is 4.72 Å². The summed E-state index contributed by atoms with van der Waals surface area (Å²) < 4.78 is 40.7. The summed E-state index contributed by atoms with van der Waals surface area (Å²) >= 11 is 0. The van der Waals surface area contributed by atoms with E-state index in [1.807, 2.05) is 0 Å². The van der Waals surface area contributed by atoms with Crippen molar-refractivity contribution in [1.29, 1.82) is 0 Å². The fourth-order valence-electron chi connectivity index (χ4n) is 4.64. The molecule has 0 radical (unpaired) electrons. The van der Waals surface area contributed by atoms with E-state index in [1.54, 1.807) is 12.1 Å². The van der Waals surface area contributed by atoms with Crippen LogP contribution >= 0.6 is 0 Å². The largest absolute Gasteiger partial charge is 0.478 e. The lowest BCUT2D eigenvalue weighted by molar-refractivity contribution is 0.0697. The number of hydrogen-bond donors (Lipinski definition) is 2. The Bertz CT molecular complexity index is 1070. The number of hydrogen-bond acceptors (Lipinski definition) is 5. The van der Waals surface area contributed by atoms with E-state index in [4.69, 9.17) is 0 Å². The fraction of sp³-hybridized carbons (Fsp3) is 0.435. The van der Waals surface area contributed by atoms with Gasteiger partial charge >= 0.3 is 5.97 Å². The van der Waals surface area contributed by atoms with Gasteiger partial charge in [-0.05, 0) is 87.2 Å². The summed E-state index contributed by atoms with van der Waals surface area (Å²) in [5, 5.41) is 9.81. The van der Waals surface area contributed by atoms with Crippen molar-refractivity contribution < 1.29 is 22.7 Å². The van der Waals surface area contributed by atoms with E-state index < -0.39 is 21.8 Å². The minimum Gasteiger partial charge on any atom is -0.478 e. The Hall–Kier alpha value is -2.65. The molecule has 0 spiro atoms. The molecule has 7 nitrogen and oxygen atoms in total. The molecule has 0 unspecified atom stereocenters. The van der Waals surface area contributed by atoms with E-state index in [2.05, 4.69) is 14.5 Å². The van der Waals surface area contributed by atoms with Gasteiger partial charge in [0.1, 0.15) is 5.82 Å². The Morgan fingerprint density at radius 1 is 1.06 bits per heavy atom. The summed E-state index contributed by atoms with van der Waals surface area (Å²) in [6, 6.07) is 9.06. The summed E-state index contributed by atoms with van der Waals surface area (Å²) in [5.74, 6) is -1.16. The standard InChI is InChI=1S/C23H28FN3O4S/c24-18-5-8-20(9-6-18)32(30,31)25-19-7-10-22(21(14-19)23(28)29)27-13-3-4-17(16-27)15-26-11-1-2-12-26/h5-10,14,17,25H,1-4,11-13,15-16H2,(H,28,29)/t17-/m1/s1. The van der Waals surface area contributed by atoms with Crippen LogP contribution in [0, 0.1) is 11.7 Å². The summed E-state index contributed by atoms with van der Waals surface area (Å²) in [4.78, 5) is 16.5. The Kier molecular flexibility index (Phi) is 6.66. The van der Waals surface area contributed by atoms with Crippen LogP contribution in [0.3, 0.4) is 0 Å². The van der Waals surface area contributed by atoms with Crippen molar-refractivity contribution in [3.05, 3.63) is 53.8 Å². The quantitative estimate of drug-likeness (QED) is 0.654. The first-order valence-electron chi connectivity index (χ1n) is 10.9. The Morgan fingerprint density at radius 3 is 2.47 bits per heavy atom. The molecule has 2 N–H and O–H groups in total. The van der Waals surface area contributed by atoms with E-state index in [0.29, 0.717) is 11.6 Å². The van der Waals surface area contributed by atoms with Crippen LogP contribution < -0.4 is 9.62 Å². The maximum Gasteiger partial charge on any atom is 0.337 e. The SMILES string of the molecule is O=C(O)c1cc(NS(=O)(=O)c2ccc(F)cc2)ccc1N1CCC[C@H](CN2CCCC2)C1. The zero-order valence-corrected chi connectivity index (χ0v) is 18.7. The van der Waals surface area contributed by atoms with Crippen LogP contribution in [0.5, 0.6) is 0 Å². The number of carboxylic acids is 1. The van der Waals surface area contributed by atoms with Gasteiger partial charge in [0.2, 0.25) is 0 Å². The van der Waals surface area contributed by atoms with E-state index in [0.717, 1.165) is 57.7 Å². The van der Waals surface area contributed by atoms with Gasteiger partial charge in [0.25, 0.3) is 10.0 Å². The first-order valence-corrected chi connectivity index (χ1v) is 12.4. The number of piperidine rings is 1. The number of likely N-dealkylation sites (tertiary alicyclic amines) is 1. The smallest absolute Gasteiger partial charge is 0.337 e. The molecule has 0 saturated carbocycles. The third-order valence-electron chi connectivity index (χ3n) is 6.18. The lowest BCUT2D eigenvalue weighted by atomic mass is 9.96. The third kappa shape index (κ3) is 5.21. The van der Waals surface area contributed by atoms with Crippen molar-refractivity contribution in [1.82, 2.24) is 4.90 Å². The van der Waals surface area contributed by atoms with Gasteiger partial charge in [-0.1, -0.05) is 0 Å². The number of sulfonamides is 1. The molecule has 0 aliphatic carbocycles. The first-order chi connectivity index (χ1) is 15.3. The molecule has 2 aromatic carbocycles. The zero-order chi connectivity index (χ0) is 22.7. The summed E-state index contributed by atoms with van der Waals surface area (Å²) in [5.41, 5.74) is 0.820. The average Bonchev–Trinajstić information content (AvgIpc) is 3.27. The van der Waals surface area contributed by atoms with Crippen molar-refractivity contribution >= 4 is 27.4 Å². The molecule has 2 aliphatic rings. The van der Waals surface area contributed by atoms with Crippen LogP contribution in [-0.4, -0.2) is 57.1 Å². The van der Waals surface area contributed by atoms with Gasteiger partial charge in [0.15, 0.2) is 0 Å². The van der Waals surface area contributed by atoms with Crippen LogP contribution in [0.2, 0.25) is 0 Å². The molecule has 4 rings (SSSR count). The fourth-order valence-corrected chi connectivity index (χ4v) is 5.69. The molecule has 2 heterocycles. The molecule has 2 fully saturated rings. The highest BCUT2D eigenvalue weighted by Gasteiger charge is 2.26. The maximum atomic E-state index is 13.1. The number of halogens is 1. The van der Waals surface area contributed by atoms with Crippen molar-refractivity contribution in [3.63, 3.8) is 0 Å². The second kappa shape index (κ2) is 9.46. The van der Waals surface area contributed by atoms with Crippen LogP contribution in [0.15, 0.2) is 47.4 Å². The molecule has 1 atom stereocenters. The molecule has 172 valence electrons. The van der Waals surface area contributed by atoms with Gasteiger partial charge in [-0.25, -0.2) is 17.6 Å². The second-order valence-corrected chi connectivity index (χ2v) is 10.2. The van der Waals surface area contributed by atoms with Crippen LogP contribution in [0.25, 0.3) is 0 Å². The Morgan fingerprint density at radius 2 is 1.78 bits per heavy atom. The molecule has 2 saturated heterocycles. The van der Waals surface area contributed by atoms with Gasteiger partial charge in [-0.2, -0.15) is 0 Å². The molecule has 9 heteroatoms. The third-order valence-corrected chi connectivity index (χ3v) is 7.58. The van der Waals surface area contributed by atoms with Crippen molar-refractivity contribution in [2.24, 2.45) is 5.92 Å². The monoisotopic (exact) mass is 461 g/mol. The molecule has 0 amide bonds. The maximum absolute atomic E-state index is 13.1. The number of carbonyl (C=O) groups is 1. The number of nitrogens with one attached hydrogen (secondary N) is 1. The minimum atomic E-state index is -3.96. The predicted octanol–water partition coefficient (Wildman–Crippen LogP) is 3.64. The lowest BCUT2D eigenvalue weighted by Crippen LogP contribution is -2.41. The highest BCUT2D eigenvalue weighted by Crippen LogP contribution is 2.30. The zero-order valence-electron chi connectivity index (χ0n) is 17.8. The molecule has 32 heavy (non-hydrogen) atoms. The minimum absolute atomic E-state index is 0.0612. The van der Waals surface area contributed by atoms with E-state index in [1.165, 1.54) is 31.0 Å². The number of nitrogens with zero attached hydrogens (tertiary/aromatic N) is 2. The van der Waals surface area contributed by atoms with Crippen molar-refractivity contribution in [2.45, 2.75) is 30.6 Å². The molecule has 0 aromatic heterocycles. The Balaban J connectivity index is 1.52. The topological polar surface area (TPSA) is 89.9 Å². The molecule has 2 aromatic rings. The summed E-state index contributed by atoms with van der Waals surface area (Å²) in [7, 11) is -3.96. The van der Waals surface area contributed by atoms with E-state index in [9.17, 15) is 22.7 Å². The van der Waals surface area contributed by atoms with Crippen LogP contribution in [0.4, 0.5) is 15.8 Å². The summed E-state index contributed by atoms with van der Waals surface area (Å²) in [6.07, 6.45) is 4.62. The number of aromatic carboxylic acids is 1. The highest BCUT2D eigenvalue weighted by molar-refractivity contribution is 7.92. The normalized spacial score (nSPS) is 19.8. The Labute approximate surface area is 187 Å². The predicted molar refractivity (Wildman–Crippen MR) is 121 cm³/mol. The van der Waals surface area contributed by atoms with Gasteiger partial charge < -0.3 is 14.9 Å². The van der Waals surface area contributed by atoms with Gasteiger partial charge in [0.05, 0.1) is 16.1 Å². The number of carboxylic acid groups (broad SMARTS) is 1. The van der Waals surface area contributed by atoms with E-state index >= 15 is 0 Å². The molecular formula is C23H28FN3O4S. The average molecular weight is 462 g/mol. The molecular weight excluding hydrogens is 433 g/mol.